The largest absolute Gasteiger partial charge is 0.497 e. The molecule has 0 amide bonds. The third-order valence-corrected chi connectivity index (χ3v) is 5.59. The summed E-state index contributed by atoms with van der Waals surface area (Å²) >= 11 is 0. The lowest BCUT2D eigenvalue weighted by Gasteiger charge is -2.35. The van der Waals surface area contributed by atoms with Gasteiger partial charge in [-0.05, 0) is 50.3 Å². The summed E-state index contributed by atoms with van der Waals surface area (Å²) in [5, 5.41) is 17.1. The van der Waals surface area contributed by atoms with Crippen LogP contribution < -0.4 is 20.1 Å². The van der Waals surface area contributed by atoms with Gasteiger partial charge in [0.25, 0.3) is 0 Å². The van der Waals surface area contributed by atoms with E-state index in [2.05, 4.69) is 39.6 Å². The summed E-state index contributed by atoms with van der Waals surface area (Å²) < 4.78 is 10.8. The van der Waals surface area contributed by atoms with Crippen LogP contribution >= 0.6 is 24.0 Å². The fourth-order valence-corrected chi connectivity index (χ4v) is 3.79. The lowest BCUT2D eigenvalue weighted by atomic mass is 9.80. The minimum Gasteiger partial charge on any atom is -0.497 e. The predicted molar refractivity (Wildman–Crippen MR) is 127 cm³/mol. The fourth-order valence-electron chi connectivity index (χ4n) is 3.79. The van der Waals surface area contributed by atoms with Gasteiger partial charge in [-0.1, -0.05) is 0 Å². The highest BCUT2D eigenvalue weighted by Gasteiger charge is 2.34. The maximum absolute atomic E-state index is 10.3. The molecule has 1 aromatic rings. The standard InChI is InChI=1S/C21H34N4O3.HI/c1-4-22-20(23-15-21(26)7-5-8-21)24-17-6-9-25(14-17)13-16-10-18(27-2)12-19(11-16)28-3;/h10-12,17,26H,4-9,13-15H2,1-3H3,(H2,22,23,24);1H. The van der Waals surface area contributed by atoms with Crippen molar-refractivity contribution in [1.82, 2.24) is 15.5 Å². The molecule has 1 saturated heterocycles. The van der Waals surface area contributed by atoms with Gasteiger partial charge in [-0.25, -0.2) is 0 Å². The van der Waals surface area contributed by atoms with Gasteiger partial charge in [0, 0.05) is 38.3 Å². The number of halogens is 1. The van der Waals surface area contributed by atoms with Crippen molar-refractivity contribution >= 4 is 29.9 Å². The summed E-state index contributed by atoms with van der Waals surface area (Å²) in [5.74, 6) is 2.44. The Bertz CT molecular complexity index is 660. The Morgan fingerprint density at radius 1 is 1.24 bits per heavy atom. The van der Waals surface area contributed by atoms with E-state index in [9.17, 15) is 5.11 Å². The van der Waals surface area contributed by atoms with Crippen molar-refractivity contribution in [2.75, 3.05) is 40.4 Å². The van der Waals surface area contributed by atoms with Crippen LogP contribution in [-0.2, 0) is 6.54 Å². The molecule has 8 heteroatoms. The van der Waals surface area contributed by atoms with Gasteiger partial charge >= 0.3 is 0 Å². The number of methoxy groups -OCH3 is 2. The number of nitrogens with zero attached hydrogens (tertiary/aromatic N) is 2. The highest BCUT2D eigenvalue weighted by atomic mass is 127. The topological polar surface area (TPSA) is 78.4 Å². The molecule has 1 atom stereocenters. The Labute approximate surface area is 191 Å². The lowest BCUT2D eigenvalue weighted by molar-refractivity contribution is -0.0236. The second kappa shape index (κ2) is 11.2. The van der Waals surface area contributed by atoms with E-state index in [1.165, 1.54) is 5.56 Å². The molecular weight excluding hydrogens is 483 g/mol. The molecular formula is C21H35IN4O3. The molecule has 3 N–H and O–H groups in total. The number of hydrogen-bond acceptors (Lipinski definition) is 5. The minimum absolute atomic E-state index is 0. The van der Waals surface area contributed by atoms with Gasteiger partial charge < -0.3 is 25.2 Å². The van der Waals surface area contributed by atoms with Crippen molar-refractivity contribution in [3.05, 3.63) is 23.8 Å². The van der Waals surface area contributed by atoms with Gasteiger partial charge in [-0.15, -0.1) is 24.0 Å². The summed E-state index contributed by atoms with van der Waals surface area (Å²) in [6, 6.07) is 6.37. The number of aliphatic hydroxyl groups is 1. The van der Waals surface area contributed by atoms with Crippen molar-refractivity contribution in [1.29, 1.82) is 0 Å². The molecule has 3 rings (SSSR count). The van der Waals surface area contributed by atoms with Crippen molar-refractivity contribution in [2.24, 2.45) is 4.99 Å². The molecule has 164 valence electrons. The first-order valence-electron chi connectivity index (χ1n) is 10.2. The number of likely N-dealkylation sites (tertiary alicyclic amines) is 1. The van der Waals surface area contributed by atoms with E-state index in [-0.39, 0.29) is 24.0 Å². The molecule has 0 radical (unpaired) electrons. The average Bonchev–Trinajstić information content (AvgIpc) is 3.11. The SMILES string of the molecule is CCNC(=NCC1(O)CCC1)NC1CCN(Cc2cc(OC)cc(OC)c2)C1.I. The number of aliphatic imine (C=N–C) groups is 1. The van der Waals surface area contributed by atoms with Gasteiger partial charge in [0.15, 0.2) is 5.96 Å². The zero-order chi connectivity index (χ0) is 20.0. The van der Waals surface area contributed by atoms with E-state index in [1.54, 1.807) is 14.2 Å². The van der Waals surface area contributed by atoms with Crippen LogP contribution in [0, 0.1) is 0 Å². The molecule has 2 aliphatic rings. The summed E-state index contributed by atoms with van der Waals surface area (Å²) in [6.07, 6.45) is 3.88. The third-order valence-electron chi connectivity index (χ3n) is 5.59. The highest BCUT2D eigenvalue weighted by molar-refractivity contribution is 14.0. The summed E-state index contributed by atoms with van der Waals surface area (Å²) in [5.41, 5.74) is 0.597. The molecule has 0 aromatic heterocycles. The number of ether oxygens (including phenoxy) is 2. The van der Waals surface area contributed by atoms with Crippen LogP contribution in [0.1, 0.15) is 38.2 Å². The normalized spacial score (nSPS) is 21.1. The molecule has 0 spiro atoms. The lowest BCUT2D eigenvalue weighted by Crippen LogP contribution is -2.46. The second-order valence-corrected chi connectivity index (χ2v) is 7.86. The van der Waals surface area contributed by atoms with Crippen LogP contribution in [0.3, 0.4) is 0 Å². The van der Waals surface area contributed by atoms with Gasteiger partial charge in [-0.3, -0.25) is 9.89 Å². The second-order valence-electron chi connectivity index (χ2n) is 7.86. The van der Waals surface area contributed by atoms with Gasteiger partial charge in [0.05, 0.1) is 26.4 Å². The Balaban J connectivity index is 0.00000300. The van der Waals surface area contributed by atoms with Crippen molar-refractivity contribution < 1.29 is 14.6 Å². The van der Waals surface area contributed by atoms with E-state index in [4.69, 9.17) is 9.47 Å². The number of rotatable bonds is 8. The summed E-state index contributed by atoms with van der Waals surface area (Å²) in [7, 11) is 3.35. The molecule has 1 aliphatic heterocycles. The number of benzene rings is 1. The molecule has 0 bridgehead atoms. The van der Waals surface area contributed by atoms with Gasteiger partial charge in [0.2, 0.25) is 0 Å². The predicted octanol–water partition coefficient (Wildman–Crippen LogP) is 2.37. The van der Waals surface area contributed by atoms with E-state index < -0.39 is 5.60 Å². The van der Waals surface area contributed by atoms with Crippen molar-refractivity contribution in [3.63, 3.8) is 0 Å². The zero-order valence-corrected chi connectivity index (χ0v) is 20.1. The molecule has 1 saturated carbocycles. The van der Waals surface area contributed by atoms with Crippen LogP contribution in [0.5, 0.6) is 11.5 Å². The number of guanidine groups is 1. The Hall–Kier alpha value is -1.26. The first-order valence-corrected chi connectivity index (χ1v) is 10.2. The molecule has 7 nitrogen and oxygen atoms in total. The van der Waals surface area contributed by atoms with E-state index >= 15 is 0 Å². The van der Waals surface area contributed by atoms with E-state index in [0.29, 0.717) is 12.6 Å². The quantitative estimate of drug-likeness (QED) is 0.279. The van der Waals surface area contributed by atoms with Gasteiger partial charge in [-0.2, -0.15) is 0 Å². The maximum Gasteiger partial charge on any atom is 0.191 e. The molecule has 1 aromatic carbocycles. The van der Waals surface area contributed by atoms with Gasteiger partial charge in [0.1, 0.15) is 11.5 Å². The van der Waals surface area contributed by atoms with Crippen LogP contribution in [0.2, 0.25) is 0 Å². The Morgan fingerprint density at radius 3 is 2.48 bits per heavy atom. The van der Waals surface area contributed by atoms with E-state index in [1.807, 2.05) is 6.07 Å². The van der Waals surface area contributed by atoms with Crippen molar-refractivity contribution in [3.8, 4) is 11.5 Å². The summed E-state index contributed by atoms with van der Waals surface area (Å²) in [4.78, 5) is 7.04. The molecule has 29 heavy (non-hydrogen) atoms. The van der Waals surface area contributed by atoms with Crippen LogP contribution in [0.25, 0.3) is 0 Å². The Morgan fingerprint density at radius 2 is 1.93 bits per heavy atom. The fraction of sp³-hybridized carbons (Fsp3) is 0.667. The monoisotopic (exact) mass is 518 g/mol. The average molecular weight is 518 g/mol. The van der Waals surface area contributed by atoms with E-state index in [0.717, 1.165) is 69.3 Å². The molecule has 1 unspecified atom stereocenters. The summed E-state index contributed by atoms with van der Waals surface area (Å²) in [6.45, 7) is 6.19. The molecule has 1 aliphatic carbocycles. The number of hydrogen-bond donors (Lipinski definition) is 3. The smallest absolute Gasteiger partial charge is 0.191 e. The number of nitrogens with one attached hydrogen (secondary N) is 2. The maximum atomic E-state index is 10.3. The Kier molecular flexibility index (Phi) is 9.29. The first-order chi connectivity index (χ1) is 13.5. The molecule has 1 heterocycles. The van der Waals surface area contributed by atoms with Crippen molar-refractivity contribution in [2.45, 2.75) is 50.8 Å². The van der Waals surface area contributed by atoms with Crippen LogP contribution in [0.4, 0.5) is 0 Å². The first kappa shape index (κ1) is 24.0. The minimum atomic E-state index is -0.588. The highest BCUT2D eigenvalue weighted by Crippen LogP contribution is 2.31. The molecule has 2 fully saturated rings. The zero-order valence-electron chi connectivity index (χ0n) is 17.7. The van der Waals surface area contributed by atoms with Crippen LogP contribution in [0.15, 0.2) is 23.2 Å². The third kappa shape index (κ3) is 6.89. The van der Waals surface area contributed by atoms with Crippen LogP contribution in [-0.4, -0.2) is 68.0 Å².